The lowest BCUT2D eigenvalue weighted by Gasteiger charge is -2.08. The first-order valence-electron chi connectivity index (χ1n) is 6.59. The van der Waals surface area contributed by atoms with Crippen LogP contribution in [0.4, 0.5) is 0 Å². The maximum absolute atomic E-state index is 9.19. The van der Waals surface area contributed by atoms with Crippen LogP contribution in [0.15, 0.2) is 24.5 Å². The van der Waals surface area contributed by atoms with Crippen LogP contribution in [0.5, 0.6) is 0 Å². The molecular formula is C14H13ClN6. The van der Waals surface area contributed by atoms with E-state index in [9.17, 15) is 5.26 Å². The van der Waals surface area contributed by atoms with Gasteiger partial charge in [-0.05, 0) is 19.1 Å². The Kier molecular flexibility index (Phi) is 3.59. The van der Waals surface area contributed by atoms with Crippen molar-refractivity contribution >= 4 is 22.6 Å². The molecule has 6 nitrogen and oxygen atoms in total. The normalized spacial score (nSPS) is 10.9. The van der Waals surface area contributed by atoms with E-state index in [0.717, 1.165) is 23.7 Å². The van der Waals surface area contributed by atoms with Crippen LogP contribution < -0.4 is 0 Å². The summed E-state index contributed by atoms with van der Waals surface area (Å²) < 4.78 is 3.96. The highest BCUT2D eigenvalue weighted by molar-refractivity contribution is 6.16. The number of nitriles is 1. The molecule has 0 atom stereocenters. The van der Waals surface area contributed by atoms with Gasteiger partial charge in [-0.3, -0.25) is 0 Å². The van der Waals surface area contributed by atoms with Crippen LogP contribution in [0.25, 0.3) is 11.0 Å². The van der Waals surface area contributed by atoms with Crippen molar-refractivity contribution in [2.45, 2.75) is 25.9 Å². The largest absolute Gasteiger partial charge is 0.319 e. The van der Waals surface area contributed by atoms with Gasteiger partial charge in [-0.1, -0.05) is 6.07 Å². The molecule has 0 aliphatic carbocycles. The molecule has 0 unspecified atom stereocenters. The average molecular weight is 301 g/mol. The summed E-state index contributed by atoms with van der Waals surface area (Å²) in [6.45, 7) is 3.37. The summed E-state index contributed by atoms with van der Waals surface area (Å²) in [6.07, 6.45) is 1.70. The SMILES string of the molecule is CCn1cnnc1Cn1c(CCl)nc2c(C#N)cccc21. The summed E-state index contributed by atoms with van der Waals surface area (Å²) in [5, 5.41) is 17.3. The molecule has 0 saturated carbocycles. The second-order valence-electron chi connectivity index (χ2n) is 4.57. The molecule has 0 bridgehead atoms. The van der Waals surface area contributed by atoms with Gasteiger partial charge >= 0.3 is 0 Å². The number of aryl methyl sites for hydroxylation is 1. The van der Waals surface area contributed by atoms with Gasteiger partial charge in [0.15, 0.2) is 5.82 Å². The highest BCUT2D eigenvalue weighted by Gasteiger charge is 2.15. The van der Waals surface area contributed by atoms with Gasteiger partial charge in [-0.2, -0.15) is 5.26 Å². The van der Waals surface area contributed by atoms with E-state index in [1.165, 1.54) is 0 Å². The molecule has 106 valence electrons. The smallest absolute Gasteiger partial charge is 0.152 e. The predicted octanol–water partition coefficient (Wildman–Crippen LogP) is 2.31. The molecule has 0 aliphatic rings. The average Bonchev–Trinajstić information content (AvgIpc) is 3.11. The Morgan fingerprint density at radius 2 is 2.19 bits per heavy atom. The predicted molar refractivity (Wildman–Crippen MR) is 78.8 cm³/mol. The Morgan fingerprint density at radius 3 is 2.90 bits per heavy atom. The first-order valence-corrected chi connectivity index (χ1v) is 7.12. The van der Waals surface area contributed by atoms with Gasteiger partial charge in [0.05, 0.1) is 23.5 Å². The first kappa shape index (κ1) is 13.6. The van der Waals surface area contributed by atoms with Crippen molar-refractivity contribution in [1.82, 2.24) is 24.3 Å². The quantitative estimate of drug-likeness (QED) is 0.693. The number of rotatable bonds is 4. The summed E-state index contributed by atoms with van der Waals surface area (Å²) in [5.41, 5.74) is 2.11. The van der Waals surface area contributed by atoms with Crippen molar-refractivity contribution in [2.24, 2.45) is 0 Å². The second kappa shape index (κ2) is 5.54. The van der Waals surface area contributed by atoms with E-state index < -0.39 is 0 Å². The van der Waals surface area contributed by atoms with E-state index in [1.54, 1.807) is 12.4 Å². The van der Waals surface area contributed by atoms with Gasteiger partial charge in [-0.25, -0.2) is 4.98 Å². The van der Waals surface area contributed by atoms with Gasteiger partial charge in [0.1, 0.15) is 23.7 Å². The molecule has 2 heterocycles. The van der Waals surface area contributed by atoms with Crippen molar-refractivity contribution in [3.05, 3.63) is 41.7 Å². The van der Waals surface area contributed by atoms with Crippen molar-refractivity contribution < 1.29 is 0 Å². The van der Waals surface area contributed by atoms with Crippen molar-refractivity contribution in [3.63, 3.8) is 0 Å². The standard InChI is InChI=1S/C14H13ClN6/c1-2-20-9-17-19-13(20)8-21-11-5-3-4-10(7-16)14(11)18-12(21)6-15/h3-5,9H,2,6,8H2,1H3. The molecule has 0 radical (unpaired) electrons. The lowest BCUT2D eigenvalue weighted by atomic mass is 10.2. The van der Waals surface area contributed by atoms with Gasteiger partial charge < -0.3 is 9.13 Å². The molecule has 0 saturated heterocycles. The van der Waals surface area contributed by atoms with Gasteiger partial charge in [-0.15, -0.1) is 21.8 Å². The zero-order valence-corrected chi connectivity index (χ0v) is 12.2. The summed E-state index contributed by atoms with van der Waals surface area (Å²) in [4.78, 5) is 4.49. The second-order valence-corrected chi connectivity index (χ2v) is 4.83. The maximum atomic E-state index is 9.19. The number of para-hydroxylation sites is 1. The van der Waals surface area contributed by atoms with Crippen LogP contribution in [0.1, 0.15) is 24.1 Å². The third-order valence-corrected chi connectivity index (χ3v) is 3.67. The first-order chi connectivity index (χ1) is 10.3. The van der Waals surface area contributed by atoms with Crippen LogP contribution in [0.3, 0.4) is 0 Å². The lowest BCUT2D eigenvalue weighted by Crippen LogP contribution is -2.09. The zero-order valence-electron chi connectivity index (χ0n) is 11.5. The fraction of sp³-hybridized carbons (Fsp3) is 0.286. The van der Waals surface area contributed by atoms with Gasteiger partial charge in [0, 0.05) is 6.54 Å². The molecule has 0 fully saturated rings. The minimum absolute atomic E-state index is 0.278. The number of benzene rings is 1. The fourth-order valence-electron chi connectivity index (χ4n) is 2.37. The van der Waals surface area contributed by atoms with Crippen LogP contribution in [-0.4, -0.2) is 24.3 Å². The summed E-state index contributed by atoms with van der Waals surface area (Å²) in [6, 6.07) is 7.71. The van der Waals surface area contributed by atoms with E-state index in [4.69, 9.17) is 11.6 Å². The number of hydrogen-bond donors (Lipinski definition) is 0. The number of aromatic nitrogens is 5. The molecule has 1 aromatic carbocycles. The Labute approximate surface area is 126 Å². The Bertz CT molecular complexity index is 826. The number of alkyl halides is 1. The minimum atomic E-state index is 0.278. The molecule has 0 N–H and O–H groups in total. The van der Waals surface area contributed by atoms with E-state index in [0.29, 0.717) is 17.6 Å². The van der Waals surface area contributed by atoms with E-state index in [1.807, 2.05) is 28.2 Å². The number of nitrogens with zero attached hydrogens (tertiary/aromatic N) is 6. The Balaban J connectivity index is 2.15. The van der Waals surface area contributed by atoms with Crippen LogP contribution >= 0.6 is 11.6 Å². The highest BCUT2D eigenvalue weighted by atomic mass is 35.5. The van der Waals surface area contributed by atoms with Crippen molar-refractivity contribution in [2.75, 3.05) is 0 Å². The zero-order chi connectivity index (χ0) is 14.8. The maximum Gasteiger partial charge on any atom is 0.152 e. The summed E-state index contributed by atoms with van der Waals surface area (Å²) in [5.74, 6) is 1.84. The third kappa shape index (κ3) is 2.26. The van der Waals surface area contributed by atoms with Crippen molar-refractivity contribution in [3.8, 4) is 6.07 Å². The summed E-state index contributed by atoms with van der Waals surface area (Å²) in [7, 11) is 0. The number of hydrogen-bond acceptors (Lipinski definition) is 4. The molecule has 3 aromatic rings. The molecule has 2 aromatic heterocycles. The molecular weight excluding hydrogens is 288 g/mol. The van der Waals surface area contributed by atoms with Gasteiger partial charge in [0.25, 0.3) is 0 Å². The molecule has 7 heteroatoms. The van der Waals surface area contributed by atoms with Crippen LogP contribution in [0, 0.1) is 11.3 Å². The highest BCUT2D eigenvalue weighted by Crippen LogP contribution is 2.21. The number of halogens is 1. The van der Waals surface area contributed by atoms with Gasteiger partial charge in [0.2, 0.25) is 0 Å². The molecule has 21 heavy (non-hydrogen) atoms. The van der Waals surface area contributed by atoms with Crippen molar-refractivity contribution in [1.29, 1.82) is 5.26 Å². The monoisotopic (exact) mass is 300 g/mol. The Morgan fingerprint density at radius 1 is 1.33 bits per heavy atom. The fourth-order valence-corrected chi connectivity index (χ4v) is 2.57. The third-order valence-electron chi connectivity index (χ3n) is 3.43. The lowest BCUT2D eigenvalue weighted by molar-refractivity contribution is 0.648. The molecule has 0 amide bonds. The number of fused-ring (bicyclic) bond motifs is 1. The minimum Gasteiger partial charge on any atom is -0.319 e. The topological polar surface area (TPSA) is 72.3 Å². The molecule has 3 rings (SSSR count). The number of imidazole rings is 1. The van der Waals surface area contributed by atoms with E-state index >= 15 is 0 Å². The van der Waals surface area contributed by atoms with Crippen LogP contribution in [0.2, 0.25) is 0 Å². The van der Waals surface area contributed by atoms with E-state index in [-0.39, 0.29) is 5.88 Å². The Hall–Kier alpha value is -2.39. The van der Waals surface area contributed by atoms with Crippen LogP contribution in [-0.2, 0) is 19.0 Å². The molecule has 0 aliphatic heterocycles. The summed E-state index contributed by atoms with van der Waals surface area (Å²) >= 11 is 6.00. The molecule has 0 spiro atoms. The van der Waals surface area contributed by atoms with E-state index in [2.05, 4.69) is 21.3 Å².